The lowest BCUT2D eigenvalue weighted by Gasteiger charge is -2.19. The third kappa shape index (κ3) is 7.03. The molecule has 3 aromatic carbocycles. The highest BCUT2D eigenvalue weighted by Crippen LogP contribution is 2.25. The summed E-state index contributed by atoms with van der Waals surface area (Å²) in [4.78, 5) is 10.8. The van der Waals surface area contributed by atoms with Gasteiger partial charge in [-0.15, -0.1) is 0 Å². The molecule has 0 spiro atoms. The van der Waals surface area contributed by atoms with E-state index in [9.17, 15) is 8.42 Å². The summed E-state index contributed by atoms with van der Waals surface area (Å²) in [5.41, 5.74) is 3.92. The standard InChI is InChI=1S/C26H27N7O2S/c1-33(23-13-11-21(12-14-23)30-25(27)29-20-8-4-3-5-9-20)24-15-16-28-26(32-24)31-22-10-6-7-19(17-22)18-36(2,34)35/h3-17H,18H2,1-2H3,(H3,27,29,30)(H,28,31,32). The van der Waals surface area contributed by atoms with Crippen LogP contribution in [0.15, 0.2) is 91.1 Å². The molecule has 0 radical (unpaired) electrons. The molecule has 0 atom stereocenters. The summed E-state index contributed by atoms with van der Waals surface area (Å²) in [5, 5.41) is 17.3. The molecule has 10 heteroatoms. The number of anilines is 6. The second-order valence-electron chi connectivity index (χ2n) is 8.23. The van der Waals surface area contributed by atoms with Crippen LogP contribution in [-0.2, 0) is 15.6 Å². The number of benzene rings is 3. The van der Waals surface area contributed by atoms with Crippen LogP contribution in [0.25, 0.3) is 0 Å². The third-order valence-corrected chi connectivity index (χ3v) is 6.02. The molecule has 4 aromatic rings. The summed E-state index contributed by atoms with van der Waals surface area (Å²) in [6, 6.07) is 26.2. The Morgan fingerprint density at radius 1 is 0.889 bits per heavy atom. The number of guanidine groups is 1. The highest BCUT2D eigenvalue weighted by Gasteiger charge is 2.09. The monoisotopic (exact) mass is 501 g/mol. The van der Waals surface area contributed by atoms with Crippen LogP contribution in [-0.4, -0.2) is 37.6 Å². The Morgan fingerprint density at radius 3 is 2.25 bits per heavy atom. The van der Waals surface area contributed by atoms with Gasteiger partial charge in [-0.05, 0) is 60.2 Å². The molecule has 0 aliphatic carbocycles. The summed E-state index contributed by atoms with van der Waals surface area (Å²) < 4.78 is 23.2. The third-order valence-electron chi connectivity index (χ3n) is 5.16. The van der Waals surface area contributed by atoms with Crippen molar-refractivity contribution in [1.82, 2.24) is 9.97 Å². The molecule has 0 bridgehead atoms. The van der Waals surface area contributed by atoms with E-state index in [-0.39, 0.29) is 11.7 Å². The topological polar surface area (TPSA) is 123 Å². The van der Waals surface area contributed by atoms with Gasteiger partial charge in [0, 0.05) is 42.2 Å². The van der Waals surface area contributed by atoms with E-state index in [2.05, 4.69) is 25.9 Å². The summed E-state index contributed by atoms with van der Waals surface area (Å²) >= 11 is 0. The van der Waals surface area contributed by atoms with Gasteiger partial charge in [-0.1, -0.05) is 30.3 Å². The van der Waals surface area contributed by atoms with Crippen LogP contribution in [0.4, 0.5) is 34.5 Å². The maximum Gasteiger partial charge on any atom is 0.229 e. The quantitative estimate of drug-likeness (QED) is 0.197. The maximum absolute atomic E-state index is 11.6. The number of para-hydroxylation sites is 1. The Morgan fingerprint density at radius 2 is 1.56 bits per heavy atom. The lowest BCUT2D eigenvalue weighted by atomic mass is 10.2. The van der Waals surface area contributed by atoms with Crippen LogP contribution in [0.2, 0.25) is 0 Å². The van der Waals surface area contributed by atoms with Gasteiger partial charge < -0.3 is 20.9 Å². The predicted molar refractivity (Wildman–Crippen MR) is 146 cm³/mol. The largest absolute Gasteiger partial charge is 0.329 e. The Hall–Kier alpha value is -4.44. The summed E-state index contributed by atoms with van der Waals surface area (Å²) in [6.07, 6.45) is 2.87. The van der Waals surface area contributed by atoms with E-state index in [0.29, 0.717) is 23.0 Å². The van der Waals surface area contributed by atoms with E-state index < -0.39 is 9.84 Å². The minimum absolute atomic E-state index is 0.0290. The minimum Gasteiger partial charge on any atom is -0.329 e. The number of hydrogen-bond donors (Lipinski definition) is 4. The second kappa shape index (κ2) is 10.9. The lowest BCUT2D eigenvalue weighted by Crippen LogP contribution is -2.20. The number of nitrogens with zero attached hydrogens (tertiary/aromatic N) is 3. The number of sulfone groups is 1. The molecule has 36 heavy (non-hydrogen) atoms. The molecule has 0 aliphatic rings. The number of hydrogen-bond acceptors (Lipinski definition) is 7. The fraction of sp³-hybridized carbons (Fsp3) is 0.115. The van der Waals surface area contributed by atoms with Crippen molar-refractivity contribution in [3.8, 4) is 0 Å². The first kappa shape index (κ1) is 24.7. The van der Waals surface area contributed by atoms with Crippen LogP contribution in [0.1, 0.15) is 5.56 Å². The van der Waals surface area contributed by atoms with Crippen molar-refractivity contribution < 1.29 is 8.42 Å². The molecule has 1 heterocycles. The van der Waals surface area contributed by atoms with Gasteiger partial charge in [0.05, 0.1) is 5.75 Å². The number of rotatable bonds is 8. The van der Waals surface area contributed by atoms with Crippen molar-refractivity contribution in [2.24, 2.45) is 0 Å². The van der Waals surface area contributed by atoms with Crippen LogP contribution in [0.5, 0.6) is 0 Å². The molecule has 1 aromatic heterocycles. The summed E-state index contributed by atoms with van der Waals surface area (Å²) in [7, 11) is -1.22. The average molecular weight is 502 g/mol. The SMILES string of the molecule is CN(c1ccc(NC(=N)Nc2ccccc2)cc1)c1ccnc(Nc2cccc(CS(C)(=O)=O)c2)n1. The van der Waals surface area contributed by atoms with E-state index in [1.165, 1.54) is 6.26 Å². The highest BCUT2D eigenvalue weighted by molar-refractivity contribution is 7.89. The molecule has 0 saturated heterocycles. The Labute approximate surface area is 210 Å². The van der Waals surface area contributed by atoms with Gasteiger partial charge in [0.25, 0.3) is 0 Å². The first-order chi connectivity index (χ1) is 17.2. The van der Waals surface area contributed by atoms with E-state index in [4.69, 9.17) is 5.41 Å². The molecular weight excluding hydrogens is 474 g/mol. The van der Waals surface area contributed by atoms with Crippen molar-refractivity contribution in [3.05, 3.63) is 96.7 Å². The van der Waals surface area contributed by atoms with E-state index in [0.717, 1.165) is 17.1 Å². The second-order valence-corrected chi connectivity index (χ2v) is 10.4. The van der Waals surface area contributed by atoms with Crippen molar-refractivity contribution in [2.75, 3.05) is 34.2 Å². The number of nitrogens with one attached hydrogen (secondary N) is 4. The molecule has 0 saturated carbocycles. The fourth-order valence-corrected chi connectivity index (χ4v) is 4.29. The molecule has 9 nitrogen and oxygen atoms in total. The zero-order valence-electron chi connectivity index (χ0n) is 19.9. The van der Waals surface area contributed by atoms with Gasteiger partial charge in [0.2, 0.25) is 5.95 Å². The Kier molecular flexibility index (Phi) is 7.45. The summed E-state index contributed by atoms with van der Waals surface area (Å²) in [5.74, 6) is 1.22. The molecule has 0 fully saturated rings. The minimum atomic E-state index is -3.13. The van der Waals surface area contributed by atoms with Crippen molar-refractivity contribution in [3.63, 3.8) is 0 Å². The summed E-state index contributed by atoms with van der Waals surface area (Å²) in [6.45, 7) is 0. The van der Waals surface area contributed by atoms with Crippen molar-refractivity contribution >= 4 is 50.3 Å². The van der Waals surface area contributed by atoms with Crippen molar-refractivity contribution in [2.45, 2.75) is 5.75 Å². The van der Waals surface area contributed by atoms with Gasteiger partial charge in [-0.2, -0.15) is 4.98 Å². The van der Waals surface area contributed by atoms with Gasteiger partial charge in [-0.25, -0.2) is 13.4 Å². The van der Waals surface area contributed by atoms with Crippen LogP contribution in [0, 0.1) is 5.41 Å². The van der Waals surface area contributed by atoms with Gasteiger partial charge in [0.15, 0.2) is 15.8 Å². The number of aromatic nitrogens is 2. The molecule has 184 valence electrons. The fourth-order valence-electron chi connectivity index (χ4n) is 3.51. The van der Waals surface area contributed by atoms with E-state index in [1.54, 1.807) is 30.5 Å². The van der Waals surface area contributed by atoms with Crippen LogP contribution < -0.4 is 20.9 Å². The zero-order chi connectivity index (χ0) is 25.5. The van der Waals surface area contributed by atoms with Gasteiger partial charge >= 0.3 is 0 Å². The van der Waals surface area contributed by atoms with Crippen molar-refractivity contribution in [1.29, 1.82) is 5.41 Å². The van der Waals surface area contributed by atoms with Crippen LogP contribution >= 0.6 is 0 Å². The molecule has 4 rings (SSSR count). The van der Waals surface area contributed by atoms with E-state index >= 15 is 0 Å². The first-order valence-electron chi connectivity index (χ1n) is 11.1. The van der Waals surface area contributed by atoms with Crippen LogP contribution in [0.3, 0.4) is 0 Å². The van der Waals surface area contributed by atoms with Gasteiger partial charge in [0.1, 0.15) is 5.82 Å². The molecule has 4 N–H and O–H groups in total. The molecule has 0 aliphatic heterocycles. The maximum atomic E-state index is 11.6. The van der Waals surface area contributed by atoms with E-state index in [1.807, 2.05) is 72.6 Å². The Balaban J connectivity index is 1.41. The zero-order valence-corrected chi connectivity index (χ0v) is 20.8. The normalized spacial score (nSPS) is 10.9. The highest BCUT2D eigenvalue weighted by atomic mass is 32.2. The Bertz CT molecular complexity index is 1440. The smallest absolute Gasteiger partial charge is 0.229 e. The molecular formula is C26H27N7O2S. The average Bonchev–Trinajstić information content (AvgIpc) is 2.84. The predicted octanol–water partition coefficient (Wildman–Crippen LogP) is 4.99. The first-order valence-corrected chi connectivity index (χ1v) is 13.2. The molecule has 0 unspecified atom stereocenters. The lowest BCUT2D eigenvalue weighted by molar-refractivity contribution is 0.601. The van der Waals surface area contributed by atoms with Gasteiger partial charge in [-0.3, -0.25) is 5.41 Å². The molecule has 0 amide bonds.